The van der Waals surface area contributed by atoms with Crippen molar-refractivity contribution in [3.05, 3.63) is 224 Å². The molecule has 0 unspecified atom stereocenters. The van der Waals surface area contributed by atoms with Gasteiger partial charge in [-0.15, -0.1) is 0 Å². The zero-order valence-electron chi connectivity index (χ0n) is 30.3. The van der Waals surface area contributed by atoms with Crippen LogP contribution >= 0.6 is 0 Å². The molecule has 0 spiro atoms. The topological polar surface area (TPSA) is 4.93 Å². The number of fused-ring (bicyclic) bond motifs is 3. The van der Waals surface area contributed by atoms with E-state index in [2.05, 4.69) is 229 Å². The molecular weight excluding hydrogens is 663 g/mol. The Morgan fingerprint density at radius 2 is 0.636 bits per heavy atom. The summed E-state index contributed by atoms with van der Waals surface area (Å²) < 4.78 is 2.49. The van der Waals surface area contributed by atoms with Gasteiger partial charge in [-0.1, -0.05) is 170 Å². The van der Waals surface area contributed by atoms with Gasteiger partial charge in [0.25, 0.3) is 0 Å². The van der Waals surface area contributed by atoms with Crippen LogP contribution in [0.5, 0.6) is 0 Å². The molecule has 1 heterocycles. The van der Waals surface area contributed by atoms with E-state index in [9.17, 15) is 0 Å². The van der Waals surface area contributed by atoms with Gasteiger partial charge < -0.3 is 4.57 Å². The van der Waals surface area contributed by atoms with Gasteiger partial charge in [0.15, 0.2) is 0 Å². The summed E-state index contributed by atoms with van der Waals surface area (Å²) in [4.78, 5) is 0. The van der Waals surface area contributed by atoms with E-state index in [1.165, 1.54) is 88.6 Å². The fourth-order valence-electron chi connectivity index (χ4n) is 8.07. The molecule has 9 aromatic carbocycles. The first-order valence-electron chi connectivity index (χ1n) is 18.9. The second kappa shape index (κ2) is 14.0. The molecule has 0 amide bonds. The lowest BCUT2D eigenvalue weighted by molar-refractivity contribution is 1.18. The molecule has 0 aliphatic carbocycles. The molecule has 0 aliphatic heterocycles. The summed E-state index contributed by atoms with van der Waals surface area (Å²) in [5.74, 6) is 0. The van der Waals surface area contributed by atoms with E-state index in [0.717, 1.165) is 5.69 Å². The van der Waals surface area contributed by atoms with Crippen molar-refractivity contribution in [3.63, 3.8) is 0 Å². The van der Waals surface area contributed by atoms with Gasteiger partial charge in [-0.25, -0.2) is 0 Å². The van der Waals surface area contributed by atoms with E-state index in [-0.39, 0.29) is 0 Å². The summed E-state index contributed by atoms with van der Waals surface area (Å²) in [6, 6.07) is 81.5. The number of nitrogens with zero attached hydrogens (tertiary/aromatic N) is 1. The van der Waals surface area contributed by atoms with Gasteiger partial charge in [0, 0.05) is 22.0 Å². The summed E-state index contributed by atoms with van der Waals surface area (Å²) in [5, 5.41) is 2.46. The Balaban J connectivity index is 1.24. The quantitative estimate of drug-likeness (QED) is 0.156. The Labute approximate surface area is 322 Å². The van der Waals surface area contributed by atoms with Crippen molar-refractivity contribution in [2.45, 2.75) is 0 Å². The molecule has 10 aromatic rings. The maximum atomic E-state index is 2.49. The van der Waals surface area contributed by atoms with Crippen molar-refractivity contribution in [2.75, 3.05) is 0 Å². The molecular formula is C54H37N. The fraction of sp³-hybridized carbons (Fsp3) is 0. The van der Waals surface area contributed by atoms with Gasteiger partial charge in [0.2, 0.25) is 0 Å². The molecule has 1 nitrogen and oxygen atoms in total. The second-order valence-corrected chi connectivity index (χ2v) is 14.2. The minimum atomic E-state index is 1.13. The second-order valence-electron chi connectivity index (χ2n) is 14.2. The third kappa shape index (κ3) is 6.12. The number of hydrogen-bond donors (Lipinski definition) is 0. The van der Waals surface area contributed by atoms with Gasteiger partial charge in [-0.2, -0.15) is 0 Å². The standard InChI is InChI=1S/C54H37N/c1-6-17-38(18-7-1)44-29-30-53-51(35-44)52-37-48(41-23-12-4-13-24-41)36-50(42-25-14-5-15-26-42)54(52)55(53)49-28-16-27-43(34-49)47-32-45(39-19-8-2-9-20-39)31-46(33-47)40-21-10-3-11-22-40/h1-37H. The lowest BCUT2D eigenvalue weighted by Crippen LogP contribution is -1.97. The first-order valence-corrected chi connectivity index (χ1v) is 18.9. The Morgan fingerprint density at radius 1 is 0.236 bits per heavy atom. The predicted molar refractivity (Wildman–Crippen MR) is 233 cm³/mol. The smallest absolute Gasteiger partial charge is 0.0619 e. The molecule has 10 rings (SSSR count). The summed E-state index contributed by atoms with van der Waals surface area (Å²) in [6.45, 7) is 0. The van der Waals surface area contributed by atoms with Gasteiger partial charge in [-0.05, 0) is 116 Å². The SMILES string of the molecule is c1ccc(-c2cc(-c3ccccc3)cc(-c3cccc(-n4c5ccc(-c6ccccc6)cc5c5cc(-c6ccccc6)cc(-c6ccccc6)c54)c3)c2)cc1. The Hall–Kier alpha value is -7.22. The van der Waals surface area contributed by atoms with E-state index >= 15 is 0 Å². The minimum Gasteiger partial charge on any atom is -0.309 e. The summed E-state index contributed by atoms with van der Waals surface area (Å²) in [6.07, 6.45) is 0. The van der Waals surface area contributed by atoms with Crippen molar-refractivity contribution < 1.29 is 0 Å². The van der Waals surface area contributed by atoms with E-state index in [4.69, 9.17) is 0 Å². The molecule has 0 N–H and O–H groups in total. The molecule has 1 aromatic heterocycles. The van der Waals surface area contributed by atoms with Crippen LogP contribution in [0.1, 0.15) is 0 Å². The molecule has 258 valence electrons. The van der Waals surface area contributed by atoms with E-state index in [1.54, 1.807) is 0 Å². The molecule has 0 fully saturated rings. The third-order valence-electron chi connectivity index (χ3n) is 10.7. The number of hydrogen-bond acceptors (Lipinski definition) is 0. The van der Waals surface area contributed by atoms with Crippen LogP contribution in [0.4, 0.5) is 0 Å². The van der Waals surface area contributed by atoms with Gasteiger partial charge >= 0.3 is 0 Å². The zero-order valence-corrected chi connectivity index (χ0v) is 30.3. The lowest BCUT2D eigenvalue weighted by atomic mass is 9.93. The van der Waals surface area contributed by atoms with Crippen LogP contribution in [0.2, 0.25) is 0 Å². The van der Waals surface area contributed by atoms with Crippen LogP contribution in [0.25, 0.3) is 94.3 Å². The first-order chi connectivity index (χ1) is 27.3. The number of rotatable bonds is 7. The maximum Gasteiger partial charge on any atom is 0.0619 e. The van der Waals surface area contributed by atoms with Crippen LogP contribution in [0, 0.1) is 0 Å². The van der Waals surface area contributed by atoms with Crippen molar-refractivity contribution >= 4 is 21.8 Å². The van der Waals surface area contributed by atoms with Crippen LogP contribution in [-0.4, -0.2) is 4.57 Å². The van der Waals surface area contributed by atoms with E-state index in [0.29, 0.717) is 0 Å². The molecule has 1 heteroatoms. The zero-order chi connectivity index (χ0) is 36.6. The molecule has 0 aliphatic rings. The highest BCUT2D eigenvalue weighted by atomic mass is 15.0. The summed E-state index contributed by atoms with van der Waals surface area (Å²) >= 11 is 0. The molecule has 0 bridgehead atoms. The largest absolute Gasteiger partial charge is 0.309 e. The monoisotopic (exact) mass is 699 g/mol. The predicted octanol–water partition coefficient (Wildman–Crippen LogP) is 14.8. The molecule has 0 atom stereocenters. The lowest BCUT2D eigenvalue weighted by Gasteiger charge is -2.16. The highest BCUT2D eigenvalue weighted by Crippen LogP contribution is 2.43. The Kier molecular flexibility index (Phi) is 8.24. The van der Waals surface area contributed by atoms with Crippen LogP contribution in [0.3, 0.4) is 0 Å². The van der Waals surface area contributed by atoms with Crippen molar-refractivity contribution in [1.82, 2.24) is 4.57 Å². The third-order valence-corrected chi connectivity index (χ3v) is 10.7. The fourth-order valence-corrected chi connectivity index (χ4v) is 8.07. The van der Waals surface area contributed by atoms with Gasteiger partial charge in [0.05, 0.1) is 11.0 Å². The normalized spacial score (nSPS) is 11.3. The van der Waals surface area contributed by atoms with Gasteiger partial charge in [-0.3, -0.25) is 0 Å². The van der Waals surface area contributed by atoms with Gasteiger partial charge in [0.1, 0.15) is 0 Å². The average molecular weight is 700 g/mol. The average Bonchev–Trinajstić information content (AvgIpc) is 3.61. The number of benzene rings is 9. The van der Waals surface area contributed by atoms with Crippen molar-refractivity contribution in [3.8, 4) is 72.4 Å². The Morgan fingerprint density at radius 3 is 1.16 bits per heavy atom. The van der Waals surface area contributed by atoms with Crippen LogP contribution in [0.15, 0.2) is 224 Å². The highest BCUT2D eigenvalue weighted by Gasteiger charge is 2.20. The van der Waals surface area contributed by atoms with Crippen LogP contribution in [-0.2, 0) is 0 Å². The molecule has 0 radical (unpaired) electrons. The van der Waals surface area contributed by atoms with Crippen molar-refractivity contribution in [2.24, 2.45) is 0 Å². The van der Waals surface area contributed by atoms with E-state index in [1.807, 2.05) is 0 Å². The Bertz CT molecular complexity index is 2870. The highest BCUT2D eigenvalue weighted by molar-refractivity contribution is 6.16. The maximum absolute atomic E-state index is 2.49. The first kappa shape index (κ1) is 32.4. The van der Waals surface area contributed by atoms with Crippen molar-refractivity contribution in [1.29, 1.82) is 0 Å². The van der Waals surface area contributed by atoms with E-state index < -0.39 is 0 Å². The minimum absolute atomic E-state index is 1.13. The van der Waals surface area contributed by atoms with Crippen LogP contribution < -0.4 is 0 Å². The summed E-state index contributed by atoms with van der Waals surface area (Å²) in [7, 11) is 0. The summed E-state index contributed by atoms with van der Waals surface area (Å²) in [5.41, 5.74) is 17.9. The molecule has 0 saturated heterocycles. The molecule has 55 heavy (non-hydrogen) atoms. The number of aromatic nitrogens is 1. The molecule has 0 saturated carbocycles.